The zero-order valence-electron chi connectivity index (χ0n) is 11.1. The van der Waals surface area contributed by atoms with Gasteiger partial charge >= 0.3 is 0 Å². The predicted octanol–water partition coefficient (Wildman–Crippen LogP) is 1.22. The maximum atomic E-state index is 12.0. The van der Waals surface area contributed by atoms with E-state index in [9.17, 15) is 4.79 Å². The number of ether oxygens (including phenoxy) is 1. The Morgan fingerprint density at radius 1 is 1.55 bits per heavy atom. The van der Waals surface area contributed by atoms with E-state index in [-0.39, 0.29) is 17.9 Å². The zero-order chi connectivity index (χ0) is 13.8. The Morgan fingerprint density at radius 2 is 2.50 bits per heavy atom. The number of hydrogen-bond acceptors (Lipinski definition) is 4. The Kier molecular flexibility index (Phi) is 3.83. The Hall–Kier alpha value is -2.08. The first-order valence-corrected chi connectivity index (χ1v) is 6.72. The van der Waals surface area contributed by atoms with Crippen molar-refractivity contribution in [1.82, 2.24) is 15.1 Å². The molecule has 0 unspecified atom stereocenters. The third kappa shape index (κ3) is 2.75. The minimum atomic E-state index is -0.133. The summed E-state index contributed by atoms with van der Waals surface area (Å²) in [6.07, 6.45) is 5.98. The Labute approximate surface area is 116 Å². The van der Waals surface area contributed by atoms with Gasteiger partial charge in [-0.25, -0.2) is 0 Å². The molecule has 1 fully saturated rings. The molecule has 6 nitrogen and oxygen atoms in total. The van der Waals surface area contributed by atoms with Gasteiger partial charge in [0.1, 0.15) is 11.8 Å². The molecule has 2 aromatic rings. The van der Waals surface area contributed by atoms with Gasteiger partial charge < -0.3 is 14.5 Å². The summed E-state index contributed by atoms with van der Waals surface area (Å²) in [5.41, 5.74) is 0. The molecule has 0 radical (unpaired) electrons. The van der Waals surface area contributed by atoms with E-state index in [1.54, 1.807) is 17.1 Å². The minimum Gasteiger partial charge on any atom is -0.467 e. The van der Waals surface area contributed by atoms with Crippen LogP contribution in [0.15, 0.2) is 41.3 Å². The van der Waals surface area contributed by atoms with Gasteiger partial charge in [0, 0.05) is 25.5 Å². The van der Waals surface area contributed by atoms with Crippen molar-refractivity contribution in [2.45, 2.75) is 12.5 Å². The fourth-order valence-corrected chi connectivity index (χ4v) is 2.35. The van der Waals surface area contributed by atoms with Crippen LogP contribution in [0, 0.1) is 5.92 Å². The van der Waals surface area contributed by atoms with Crippen molar-refractivity contribution < 1.29 is 13.9 Å². The highest BCUT2D eigenvalue weighted by atomic mass is 16.5. The van der Waals surface area contributed by atoms with Crippen molar-refractivity contribution in [3.05, 3.63) is 42.6 Å². The molecule has 3 heterocycles. The Bertz CT molecular complexity index is 496. The van der Waals surface area contributed by atoms with Crippen LogP contribution in [0.25, 0.3) is 0 Å². The molecule has 1 N–H and O–H groups in total. The molecule has 1 aliphatic rings. The first-order chi connectivity index (χ1) is 9.84. The molecule has 0 saturated carbocycles. The maximum absolute atomic E-state index is 12.0. The molecule has 2 aromatic heterocycles. The summed E-state index contributed by atoms with van der Waals surface area (Å²) in [7, 11) is 0. The lowest BCUT2D eigenvalue weighted by atomic mass is 10.1. The van der Waals surface area contributed by atoms with Crippen LogP contribution in [0.3, 0.4) is 0 Å². The van der Waals surface area contributed by atoms with Gasteiger partial charge in [-0.05, 0) is 24.6 Å². The summed E-state index contributed by atoms with van der Waals surface area (Å²) >= 11 is 0. The van der Waals surface area contributed by atoms with Crippen LogP contribution in [-0.4, -0.2) is 35.4 Å². The van der Waals surface area contributed by atoms with Gasteiger partial charge in [0.2, 0.25) is 5.91 Å². The normalized spacial score (nSPS) is 19.9. The lowest BCUT2D eigenvalue weighted by molar-refractivity contribution is -0.125. The van der Waals surface area contributed by atoms with Crippen LogP contribution in [-0.2, 0) is 9.53 Å². The van der Waals surface area contributed by atoms with Crippen molar-refractivity contribution in [1.29, 1.82) is 0 Å². The standard InChI is InChI=1S/C14H17N3O3/c18-14(11-4-8-19-10-11)15-9-12(13-3-1-7-20-13)17-6-2-5-16-17/h1-3,5-7,11-12H,4,8-10H2,(H,15,18)/t11-,12+/m1/s1. The lowest BCUT2D eigenvalue weighted by Crippen LogP contribution is -2.35. The number of carbonyl (C=O) groups excluding carboxylic acids is 1. The minimum absolute atomic E-state index is 0.0335. The van der Waals surface area contributed by atoms with E-state index >= 15 is 0 Å². The lowest BCUT2D eigenvalue weighted by Gasteiger charge is -2.17. The molecule has 2 atom stereocenters. The van der Waals surface area contributed by atoms with Crippen LogP contribution in [0.2, 0.25) is 0 Å². The van der Waals surface area contributed by atoms with E-state index in [1.165, 1.54) is 0 Å². The van der Waals surface area contributed by atoms with E-state index in [0.717, 1.165) is 12.2 Å². The topological polar surface area (TPSA) is 69.3 Å². The molecular formula is C14H17N3O3. The van der Waals surface area contributed by atoms with Gasteiger partial charge in [-0.1, -0.05) is 0 Å². The average molecular weight is 275 g/mol. The third-order valence-corrected chi connectivity index (χ3v) is 3.49. The van der Waals surface area contributed by atoms with Crippen LogP contribution in [0.5, 0.6) is 0 Å². The van der Waals surface area contributed by atoms with Gasteiger partial charge in [-0.2, -0.15) is 5.10 Å². The molecule has 1 saturated heterocycles. The summed E-state index contributed by atoms with van der Waals surface area (Å²) < 4.78 is 12.5. The third-order valence-electron chi connectivity index (χ3n) is 3.49. The molecule has 1 amide bonds. The first kappa shape index (κ1) is 12.9. The van der Waals surface area contributed by atoms with Gasteiger partial charge in [-0.3, -0.25) is 9.48 Å². The van der Waals surface area contributed by atoms with Crippen LogP contribution in [0.4, 0.5) is 0 Å². The highest BCUT2D eigenvalue weighted by Gasteiger charge is 2.25. The molecule has 20 heavy (non-hydrogen) atoms. The van der Waals surface area contributed by atoms with Crippen molar-refractivity contribution in [2.24, 2.45) is 5.92 Å². The van der Waals surface area contributed by atoms with Crippen LogP contribution >= 0.6 is 0 Å². The number of furan rings is 1. The second kappa shape index (κ2) is 5.92. The number of nitrogens with one attached hydrogen (secondary N) is 1. The molecule has 6 heteroatoms. The largest absolute Gasteiger partial charge is 0.467 e. The van der Waals surface area contributed by atoms with Crippen molar-refractivity contribution >= 4 is 5.91 Å². The van der Waals surface area contributed by atoms with E-state index in [2.05, 4.69) is 10.4 Å². The molecule has 0 aromatic carbocycles. The summed E-state index contributed by atoms with van der Waals surface area (Å²) in [5, 5.41) is 7.19. The van der Waals surface area contributed by atoms with E-state index in [4.69, 9.17) is 9.15 Å². The van der Waals surface area contributed by atoms with E-state index in [0.29, 0.717) is 19.8 Å². The van der Waals surface area contributed by atoms with E-state index in [1.807, 2.05) is 24.4 Å². The quantitative estimate of drug-likeness (QED) is 0.890. The van der Waals surface area contributed by atoms with Gasteiger partial charge in [0.25, 0.3) is 0 Å². The monoisotopic (exact) mass is 275 g/mol. The number of nitrogens with zero attached hydrogens (tertiary/aromatic N) is 2. The molecule has 0 aliphatic carbocycles. The molecule has 106 valence electrons. The van der Waals surface area contributed by atoms with Gasteiger partial charge in [0.05, 0.1) is 18.8 Å². The number of amides is 1. The average Bonchev–Trinajstić information content (AvgIpc) is 3.22. The highest BCUT2D eigenvalue weighted by Crippen LogP contribution is 2.18. The van der Waals surface area contributed by atoms with Crippen LogP contribution < -0.4 is 5.32 Å². The highest BCUT2D eigenvalue weighted by molar-refractivity contribution is 5.79. The van der Waals surface area contributed by atoms with Crippen molar-refractivity contribution in [2.75, 3.05) is 19.8 Å². The maximum Gasteiger partial charge on any atom is 0.225 e. The number of hydrogen-bond donors (Lipinski definition) is 1. The molecule has 0 spiro atoms. The summed E-state index contributed by atoms with van der Waals surface area (Å²) in [5.74, 6) is 0.771. The Morgan fingerprint density at radius 3 is 3.15 bits per heavy atom. The second-order valence-corrected chi connectivity index (χ2v) is 4.82. The molecule has 3 rings (SSSR count). The van der Waals surface area contributed by atoms with Crippen molar-refractivity contribution in [3.8, 4) is 0 Å². The smallest absolute Gasteiger partial charge is 0.225 e. The number of carbonyl (C=O) groups is 1. The number of rotatable bonds is 5. The summed E-state index contributed by atoms with van der Waals surface area (Å²) in [4.78, 5) is 12.0. The number of aromatic nitrogens is 2. The predicted molar refractivity (Wildman–Crippen MR) is 71.0 cm³/mol. The summed E-state index contributed by atoms with van der Waals surface area (Å²) in [6.45, 7) is 1.63. The molecular weight excluding hydrogens is 258 g/mol. The van der Waals surface area contributed by atoms with Gasteiger partial charge in [0.15, 0.2) is 0 Å². The Balaban J connectivity index is 1.66. The molecule has 0 bridgehead atoms. The SMILES string of the molecule is O=C(NC[C@@H](c1ccco1)n1cccn1)[C@@H]1CCOC1. The zero-order valence-corrected chi connectivity index (χ0v) is 11.1. The fraction of sp³-hybridized carbons (Fsp3) is 0.429. The van der Waals surface area contributed by atoms with Crippen LogP contribution in [0.1, 0.15) is 18.2 Å². The fourth-order valence-electron chi connectivity index (χ4n) is 2.35. The van der Waals surface area contributed by atoms with E-state index < -0.39 is 0 Å². The van der Waals surface area contributed by atoms with Gasteiger partial charge in [-0.15, -0.1) is 0 Å². The van der Waals surface area contributed by atoms with Crippen molar-refractivity contribution in [3.63, 3.8) is 0 Å². The first-order valence-electron chi connectivity index (χ1n) is 6.72. The summed E-state index contributed by atoms with van der Waals surface area (Å²) in [6, 6.07) is 5.43. The molecule has 1 aliphatic heterocycles. The second-order valence-electron chi connectivity index (χ2n) is 4.82.